The lowest BCUT2D eigenvalue weighted by Crippen LogP contribution is -2.25. The summed E-state index contributed by atoms with van der Waals surface area (Å²) in [7, 11) is 0. The quantitative estimate of drug-likeness (QED) is 0.789. The fraction of sp³-hybridized carbons (Fsp3) is 0.250. The Kier molecular flexibility index (Phi) is 5.19. The largest absolute Gasteiger partial charge is 0.353 e. The van der Waals surface area contributed by atoms with Crippen LogP contribution in [0.4, 0.5) is 0 Å². The molecule has 114 valence electrons. The van der Waals surface area contributed by atoms with Crippen molar-refractivity contribution in [2.45, 2.75) is 19.8 Å². The van der Waals surface area contributed by atoms with Gasteiger partial charge in [-0.15, -0.1) is 16.8 Å². The van der Waals surface area contributed by atoms with Crippen LogP contribution in [0.1, 0.15) is 17.7 Å². The Hall–Kier alpha value is -2.76. The smallest absolute Gasteiger partial charge is 0.273 e. The second-order valence-corrected chi connectivity index (χ2v) is 4.91. The van der Waals surface area contributed by atoms with Crippen LogP contribution < -0.4 is 10.9 Å². The number of H-pyrrole nitrogens is 1. The van der Waals surface area contributed by atoms with E-state index in [1.165, 1.54) is 0 Å². The number of aryl methyl sites for hydroxylation is 2. The van der Waals surface area contributed by atoms with Gasteiger partial charge in [-0.1, -0.05) is 35.9 Å². The Morgan fingerprint density at radius 3 is 2.68 bits per heavy atom. The Morgan fingerprint density at radius 1 is 1.32 bits per heavy atom. The maximum absolute atomic E-state index is 12.0. The maximum atomic E-state index is 12.0. The number of hydrogen-bond acceptors (Lipinski definition) is 4. The van der Waals surface area contributed by atoms with Crippen molar-refractivity contribution in [3.05, 3.63) is 58.5 Å². The summed E-state index contributed by atoms with van der Waals surface area (Å²) in [6.45, 7) is 5.91. The molecular weight excluding hydrogens is 280 g/mol. The number of nitrogens with one attached hydrogen (secondary N) is 2. The van der Waals surface area contributed by atoms with E-state index in [4.69, 9.17) is 0 Å². The SMILES string of the molecule is C=CCNC(=O)CCc1nnc(-c2ccc(C)cc2)[nH]c1=O. The molecule has 0 saturated heterocycles. The van der Waals surface area contributed by atoms with Gasteiger partial charge in [0.05, 0.1) is 0 Å². The third-order valence-corrected chi connectivity index (χ3v) is 3.12. The van der Waals surface area contributed by atoms with E-state index in [2.05, 4.69) is 27.1 Å². The van der Waals surface area contributed by atoms with Crippen LogP contribution in [0.15, 0.2) is 41.7 Å². The molecule has 0 saturated carbocycles. The van der Waals surface area contributed by atoms with Gasteiger partial charge in [0, 0.05) is 24.9 Å². The molecule has 1 aromatic carbocycles. The summed E-state index contributed by atoms with van der Waals surface area (Å²) in [4.78, 5) is 26.2. The molecule has 1 amide bonds. The fourth-order valence-electron chi connectivity index (χ4n) is 1.87. The van der Waals surface area contributed by atoms with E-state index in [1.807, 2.05) is 31.2 Å². The van der Waals surface area contributed by atoms with Gasteiger partial charge in [-0.2, -0.15) is 0 Å². The number of carbonyl (C=O) groups excluding carboxylic acids is 1. The van der Waals surface area contributed by atoms with E-state index in [-0.39, 0.29) is 30.0 Å². The number of carbonyl (C=O) groups is 1. The van der Waals surface area contributed by atoms with E-state index in [9.17, 15) is 9.59 Å². The number of benzene rings is 1. The number of aromatic amines is 1. The third-order valence-electron chi connectivity index (χ3n) is 3.12. The highest BCUT2D eigenvalue weighted by Gasteiger charge is 2.09. The highest BCUT2D eigenvalue weighted by molar-refractivity contribution is 5.76. The zero-order chi connectivity index (χ0) is 15.9. The number of amides is 1. The van der Waals surface area contributed by atoms with Crippen molar-refractivity contribution in [2.75, 3.05) is 6.54 Å². The minimum absolute atomic E-state index is 0.149. The second kappa shape index (κ2) is 7.31. The third kappa shape index (κ3) is 4.12. The molecule has 22 heavy (non-hydrogen) atoms. The first kappa shape index (κ1) is 15.6. The molecule has 2 rings (SSSR count). The standard InChI is InChI=1S/C16H18N4O2/c1-3-10-17-14(21)9-8-13-16(22)18-15(20-19-13)12-6-4-11(2)5-7-12/h3-7H,1,8-10H2,2H3,(H,17,21)(H,18,20,22). The summed E-state index contributed by atoms with van der Waals surface area (Å²) >= 11 is 0. The van der Waals surface area contributed by atoms with Crippen LogP contribution in [0.25, 0.3) is 11.4 Å². The lowest BCUT2D eigenvalue weighted by molar-refractivity contribution is -0.120. The van der Waals surface area contributed by atoms with Crippen molar-refractivity contribution in [1.82, 2.24) is 20.5 Å². The first-order valence-electron chi connectivity index (χ1n) is 7.00. The predicted octanol–water partition coefficient (Wildman–Crippen LogP) is 1.38. The molecule has 1 heterocycles. The van der Waals surface area contributed by atoms with Gasteiger partial charge in [0.2, 0.25) is 5.91 Å². The van der Waals surface area contributed by atoms with Gasteiger partial charge in [-0.05, 0) is 6.92 Å². The molecule has 0 radical (unpaired) electrons. The van der Waals surface area contributed by atoms with Crippen LogP contribution >= 0.6 is 0 Å². The molecule has 6 heteroatoms. The van der Waals surface area contributed by atoms with Gasteiger partial charge < -0.3 is 10.3 Å². The monoisotopic (exact) mass is 298 g/mol. The Morgan fingerprint density at radius 2 is 2.05 bits per heavy atom. The van der Waals surface area contributed by atoms with Gasteiger partial charge in [-0.3, -0.25) is 9.59 Å². The lowest BCUT2D eigenvalue weighted by Gasteiger charge is -2.03. The summed E-state index contributed by atoms with van der Waals surface area (Å²) in [5.41, 5.74) is 1.86. The number of hydrogen-bond donors (Lipinski definition) is 2. The maximum Gasteiger partial charge on any atom is 0.273 e. The van der Waals surface area contributed by atoms with Gasteiger partial charge in [-0.25, -0.2) is 0 Å². The molecule has 0 atom stereocenters. The Bertz CT molecular complexity index is 720. The van der Waals surface area contributed by atoms with Crippen molar-refractivity contribution < 1.29 is 4.79 Å². The van der Waals surface area contributed by atoms with Crippen molar-refractivity contribution >= 4 is 5.91 Å². The van der Waals surface area contributed by atoms with Gasteiger partial charge in [0.25, 0.3) is 5.56 Å². The number of nitrogens with zero attached hydrogens (tertiary/aromatic N) is 2. The normalized spacial score (nSPS) is 10.2. The second-order valence-electron chi connectivity index (χ2n) is 4.91. The molecule has 0 aliphatic heterocycles. The summed E-state index contributed by atoms with van der Waals surface area (Å²) < 4.78 is 0. The van der Waals surface area contributed by atoms with Crippen LogP contribution in [0, 0.1) is 6.92 Å². The molecule has 0 aliphatic rings. The van der Waals surface area contributed by atoms with Crippen LogP contribution in [0.3, 0.4) is 0 Å². The molecule has 0 bridgehead atoms. The fourth-order valence-corrected chi connectivity index (χ4v) is 1.87. The summed E-state index contributed by atoms with van der Waals surface area (Å²) in [6.07, 6.45) is 2.04. The summed E-state index contributed by atoms with van der Waals surface area (Å²) in [5.74, 6) is 0.272. The molecule has 0 unspecified atom stereocenters. The van der Waals surface area contributed by atoms with Gasteiger partial charge in [0.1, 0.15) is 5.69 Å². The van der Waals surface area contributed by atoms with Gasteiger partial charge in [0.15, 0.2) is 5.82 Å². The van der Waals surface area contributed by atoms with Crippen LogP contribution in [0.2, 0.25) is 0 Å². The predicted molar refractivity (Wildman–Crippen MR) is 84.4 cm³/mol. The molecule has 1 aromatic heterocycles. The van der Waals surface area contributed by atoms with E-state index in [0.29, 0.717) is 12.4 Å². The van der Waals surface area contributed by atoms with E-state index >= 15 is 0 Å². The molecular formula is C16H18N4O2. The van der Waals surface area contributed by atoms with Crippen molar-refractivity contribution in [1.29, 1.82) is 0 Å². The van der Waals surface area contributed by atoms with Crippen molar-refractivity contribution in [3.63, 3.8) is 0 Å². The molecule has 2 N–H and O–H groups in total. The lowest BCUT2D eigenvalue weighted by atomic mass is 10.1. The molecule has 0 fully saturated rings. The van der Waals surface area contributed by atoms with Crippen LogP contribution in [-0.4, -0.2) is 27.6 Å². The Balaban J connectivity index is 2.06. The number of rotatable bonds is 6. The number of aromatic nitrogens is 3. The van der Waals surface area contributed by atoms with Crippen molar-refractivity contribution in [2.24, 2.45) is 0 Å². The van der Waals surface area contributed by atoms with Gasteiger partial charge >= 0.3 is 0 Å². The zero-order valence-electron chi connectivity index (χ0n) is 12.4. The minimum atomic E-state index is -0.318. The molecule has 0 aliphatic carbocycles. The van der Waals surface area contributed by atoms with Crippen LogP contribution in [0.5, 0.6) is 0 Å². The first-order valence-corrected chi connectivity index (χ1v) is 7.00. The minimum Gasteiger partial charge on any atom is -0.353 e. The Labute approximate surface area is 128 Å². The van der Waals surface area contributed by atoms with Crippen LogP contribution in [-0.2, 0) is 11.2 Å². The van der Waals surface area contributed by atoms with E-state index in [0.717, 1.165) is 11.1 Å². The average Bonchev–Trinajstić information content (AvgIpc) is 2.52. The van der Waals surface area contributed by atoms with Crippen molar-refractivity contribution in [3.8, 4) is 11.4 Å². The summed E-state index contributed by atoms with van der Waals surface area (Å²) in [5, 5.41) is 10.6. The first-order chi connectivity index (χ1) is 10.6. The topological polar surface area (TPSA) is 87.7 Å². The zero-order valence-corrected chi connectivity index (χ0v) is 12.4. The molecule has 6 nitrogen and oxygen atoms in total. The van der Waals surface area contributed by atoms with E-state index < -0.39 is 0 Å². The molecule has 0 spiro atoms. The van der Waals surface area contributed by atoms with E-state index in [1.54, 1.807) is 6.08 Å². The average molecular weight is 298 g/mol. The molecule has 2 aromatic rings. The highest BCUT2D eigenvalue weighted by Crippen LogP contribution is 2.13. The highest BCUT2D eigenvalue weighted by atomic mass is 16.1. The summed E-state index contributed by atoms with van der Waals surface area (Å²) in [6, 6.07) is 7.62.